The monoisotopic (exact) mass is 713 g/mol. The third-order valence-corrected chi connectivity index (χ3v) is 7.79. The Balaban J connectivity index is 2.53. The summed E-state index contributed by atoms with van der Waals surface area (Å²) in [6.45, 7) is 2.52. The number of aliphatic hydroxyl groups is 2. The van der Waals surface area contributed by atoms with Gasteiger partial charge in [0.25, 0.3) is 11.8 Å². The Morgan fingerprint density at radius 2 is 1.44 bits per heavy atom. The van der Waals surface area contributed by atoms with Gasteiger partial charge in [0.1, 0.15) is 30.4 Å². The molecule has 0 bridgehead atoms. The van der Waals surface area contributed by atoms with Crippen LogP contribution in [0.4, 0.5) is 0 Å². The molecule has 0 aliphatic carbocycles. The molecule has 2 rings (SSSR count). The van der Waals surface area contributed by atoms with Crippen LogP contribution in [0.15, 0.2) is 4.99 Å². The Kier molecular flexibility index (Phi) is 15.8. The fourth-order valence-electron chi connectivity index (χ4n) is 5.33. The molecule has 2 aliphatic rings. The van der Waals surface area contributed by atoms with Crippen molar-refractivity contribution in [2.75, 3.05) is 6.54 Å². The van der Waals surface area contributed by atoms with Gasteiger partial charge in [0, 0.05) is 31.8 Å². The summed E-state index contributed by atoms with van der Waals surface area (Å²) >= 11 is 0. The average molecular weight is 714 g/mol. The highest BCUT2D eigenvalue weighted by molar-refractivity contribution is 6.28. The van der Waals surface area contributed by atoms with E-state index in [0.29, 0.717) is 6.21 Å². The first-order chi connectivity index (χ1) is 23.4. The van der Waals surface area contributed by atoms with Gasteiger partial charge < -0.3 is 51.7 Å². The normalized spacial score (nSPS) is 28.6. The summed E-state index contributed by atoms with van der Waals surface area (Å²) in [5.41, 5.74) is 0. The van der Waals surface area contributed by atoms with Gasteiger partial charge in [-0.15, -0.1) is 0 Å². The molecule has 278 valence electrons. The predicted octanol–water partition coefficient (Wildman–Crippen LogP) is -4.20. The lowest BCUT2D eigenvalue weighted by molar-refractivity contribution is -0.146. The van der Waals surface area contributed by atoms with Gasteiger partial charge in [-0.2, -0.15) is 0 Å². The molecule has 0 aromatic rings. The van der Waals surface area contributed by atoms with Gasteiger partial charge in [-0.25, -0.2) is 4.99 Å². The molecule has 8 atom stereocenters. The molecular weight excluding hydrogens is 670 g/mol. The van der Waals surface area contributed by atoms with Crippen LogP contribution in [0.5, 0.6) is 0 Å². The summed E-state index contributed by atoms with van der Waals surface area (Å²) in [5, 5.41) is 60.4. The Bertz CT molecular complexity index is 1360. The third kappa shape index (κ3) is 13.1. The number of aliphatic carboxylic acids is 3. The van der Waals surface area contributed by atoms with Crippen molar-refractivity contribution < 1.29 is 68.7 Å². The van der Waals surface area contributed by atoms with Crippen LogP contribution in [0.25, 0.3) is 0 Å². The third-order valence-electron chi connectivity index (χ3n) is 7.79. The quantitative estimate of drug-likeness (QED) is 0.108. The lowest BCUT2D eigenvalue weighted by atomic mass is 10.1. The van der Waals surface area contributed by atoms with Crippen molar-refractivity contribution >= 4 is 59.6 Å². The first-order valence-electron chi connectivity index (χ1n) is 15.8. The van der Waals surface area contributed by atoms with Crippen molar-refractivity contribution in [3.8, 4) is 0 Å². The SMILES string of the molecule is C[C@@H]1C[C@@H](O)N[C@@H](CC(=O)O)C(=O)N2CCC[C@H]2C(=O)N[C@@H](CCC(=O)O)C(=O)N[C@@H]([C@@H](C)O)C(=O)N=CC(=O)N[C@@H](CCC(=O)O)C(=O)N1. The van der Waals surface area contributed by atoms with E-state index >= 15 is 0 Å². The molecule has 0 aromatic heterocycles. The number of hydrogen-bond acceptors (Lipinski definition) is 12. The molecule has 2 heterocycles. The van der Waals surface area contributed by atoms with Gasteiger partial charge in [-0.1, -0.05) is 0 Å². The van der Waals surface area contributed by atoms with Gasteiger partial charge in [0.2, 0.25) is 23.6 Å². The van der Waals surface area contributed by atoms with Crippen molar-refractivity contribution in [3.05, 3.63) is 0 Å². The number of nitrogens with zero attached hydrogens (tertiary/aromatic N) is 2. The second kappa shape index (κ2) is 19.2. The summed E-state index contributed by atoms with van der Waals surface area (Å²) in [6.07, 6.45) is -5.67. The number of carbonyl (C=O) groups excluding carboxylic acids is 6. The highest BCUT2D eigenvalue weighted by Gasteiger charge is 2.40. The van der Waals surface area contributed by atoms with Gasteiger partial charge in [0.05, 0.1) is 24.8 Å². The number of hydrogen-bond donors (Lipinski definition) is 10. The lowest BCUT2D eigenvalue weighted by Gasteiger charge is -2.31. The van der Waals surface area contributed by atoms with Crippen molar-refractivity contribution in [1.29, 1.82) is 0 Å². The van der Waals surface area contributed by atoms with Crippen LogP contribution >= 0.6 is 0 Å². The van der Waals surface area contributed by atoms with Gasteiger partial charge in [-0.3, -0.25) is 48.5 Å². The molecule has 0 radical (unpaired) electrons. The standard InChI is InChI=1S/C29H43N7O14/c1-13-10-19(38)33-17(11-23(44)45)29(50)36-9-3-4-18(36)27(48)34-16(6-8-22(42)43)26(47)35-24(14(2)37)28(49)30-12-20(39)32-15(25(46)31-13)5-7-21(40)41/h12-19,24,33,37-38H,3-11H2,1-2H3,(H,31,46)(H,32,39)(H,34,48)(H,35,47)(H,40,41)(H,42,43)(H,44,45)/t13-,14-,15+,16+,17+,18+,19-,24+/m1/s1. The van der Waals surface area contributed by atoms with Crippen molar-refractivity contribution in [2.45, 2.75) is 114 Å². The smallest absolute Gasteiger partial charge is 0.305 e. The van der Waals surface area contributed by atoms with E-state index in [1.54, 1.807) is 0 Å². The van der Waals surface area contributed by atoms with Crippen LogP contribution in [-0.2, 0) is 43.2 Å². The number of carboxylic acids is 3. The summed E-state index contributed by atoms with van der Waals surface area (Å²) in [5.74, 6) is -10.3. The van der Waals surface area contributed by atoms with Gasteiger partial charge in [-0.05, 0) is 39.5 Å². The maximum atomic E-state index is 13.6. The molecule has 0 spiro atoms. The molecule has 21 nitrogen and oxygen atoms in total. The van der Waals surface area contributed by atoms with Crippen LogP contribution in [0.2, 0.25) is 0 Å². The summed E-state index contributed by atoms with van der Waals surface area (Å²) in [7, 11) is 0. The van der Waals surface area contributed by atoms with Crippen LogP contribution < -0.4 is 26.6 Å². The Morgan fingerprint density at radius 1 is 0.860 bits per heavy atom. The highest BCUT2D eigenvalue weighted by atomic mass is 16.4. The Labute approximate surface area is 285 Å². The van der Waals surface area contributed by atoms with Gasteiger partial charge >= 0.3 is 17.9 Å². The minimum atomic E-state index is -1.81. The maximum Gasteiger partial charge on any atom is 0.305 e. The number of carboxylic acid groups (broad SMARTS) is 3. The van der Waals surface area contributed by atoms with E-state index in [4.69, 9.17) is 5.11 Å². The van der Waals surface area contributed by atoms with E-state index in [9.17, 15) is 63.6 Å². The minimum Gasteiger partial charge on any atom is -0.481 e. The van der Waals surface area contributed by atoms with Crippen molar-refractivity contribution in [3.63, 3.8) is 0 Å². The van der Waals surface area contributed by atoms with E-state index in [2.05, 4.69) is 31.6 Å². The van der Waals surface area contributed by atoms with E-state index in [0.717, 1.165) is 11.8 Å². The number of amides is 6. The second-order valence-corrected chi connectivity index (χ2v) is 12.0. The number of aliphatic imine (C=N–C) groups is 1. The number of fused-ring (bicyclic) bond motifs is 1. The van der Waals surface area contributed by atoms with Crippen LogP contribution in [-0.4, -0.2) is 145 Å². The molecule has 1 saturated heterocycles. The molecule has 0 aromatic carbocycles. The number of rotatable bonds is 9. The van der Waals surface area contributed by atoms with Crippen LogP contribution in [0.3, 0.4) is 0 Å². The largest absolute Gasteiger partial charge is 0.481 e. The average Bonchev–Trinajstić information content (AvgIpc) is 3.50. The van der Waals surface area contributed by atoms with Crippen LogP contribution in [0.1, 0.15) is 65.2 Å². The highest BCUT2D eigenvalue weighted by Crippen LogP contribution is 2.20. The molecule has 6 amide bonds. The number of carbonyl (C=O) groups is 9. The fraction of sp³-hybridized carbons (Fsp3) is 0.655. The summed E-state index contributed by atoms with van der Waals surface area (Å²) in [6, 6.07) is -8.60. The molecule has 0 unspecified atom stereocenters. The lowest BCUT2D eigenvalue weighted by Crippen LogP contribution is -2.59. The molecule has 10 N–H and O–H groups in total. The van der Waals surface area contributed by atoms with E-state index in [-0.39, 0.29) is 25.8 Å². The maximum absolute atomic E-state index is 13.6. The molecule has 1 fully saturated rings. The van der Waals surface area contributed by atoms with E-state index < -0.39 is 134 Å². The summed E-state index contributed by atoms with van der Waals surface area (Å²) < 4.78 is 0. The van der Waals surface area contributed by atoms with E-state index in [1.807, 2.05) is 0 Å². The topological polar surface area (TPSA) is 331 Å². The zero-order valence-electron chi connectivity index (χ0n) is 27.4. The first kappa shape index (κ1) is 41.2. The fourth-order valence-corrected chi connectivity index (χ4v) is 5.33. The van der Waals surface area contributed by atoms with E-state index in [1.165, 1.54) is 6.92 Å². The predicted molar refractivity (Wildman–Crippen MR) is 167 cm³/mol. The molecule has 0 saturated carbocycles. The molecule has 21 heteroatoms. The van der Waals surface area contributed by atoms with Crippen molar-refractivity contribution in [2.24, 2.45) is 4.99 Å². The Hall–Kier alpha value is -5.02. The number of aliphatic hydroxyl groups excluding tert-OH is 2. The number of nitrogens with one attached hydrogen (secondary N) is 5. The minimum absolute atomic E-state index is 0.0106. The molecule has 2 aliphatic heterocycles. The summed E-state index contributed by atoms with van der Waals surface area (Å²) in [4.78, 5) is 117. The molecular formula is C29H43N7O14. The Morgan fingerprint density at radius 3 is 2.00 bits per heavy atom. The zero-order valence-corrected chi connectivity index (χ0v) is 27.4. The van der Waals surface area contributed by atoms with Gasteiger partial charge in [0.15, 0.2) is 0 Å². The first-order valence-corrected chi connectivity index (χ1v) is 15.8. The van der Waals surface area contributed by atoms with Crippen LogP contribution in [0, 0.1) is 0 Å². The second-order valence-electron chi connectivity index (χ2n) is 12.0. The molecule has 50 heavy (non-hydrogen) atoms. The van der Waals surface area contributed by atoms with Crippen molar-refractivity contribution in [1.82, 2.24) is 31.5 Å². The zero-order chi connectivity index (χ0) is 37.7.